The van der Waals surface area contributed by atoms with Crippen LogP contribution in [-0.4, -0.2) is 51.5 Å². The topological polar surface area (TPSA) is 98.1 Å². The zero-order valence-electron chi connectivity index (χ0n) is 20.7. The Hall–Kier alpha value is -2.69. The van der Waals surface area contributed by atoms with Crippen molar-refractivity contribution < 1.29 is 14.3 Å². The van der Waals surface area contributed by atoms with E-state index < -0.39 is 0 Å². The molecular weight excluding hydrogens is 518 g/mol. The molecule has 0 unspecified atom stereocenters. The molecule has 8 nitrogen and oxygen atoms in total. The van der Waals surface area contributed by atoms with E-state index in [1.807, 2.05) is 30.7 Å². The smallest absolute Gasteiger partial charge is 0.251 e. The number of thioether (sulfide) groups is 2. The van der Waals surface area contributed by atoms with E-state index in [2.05, 4.69) is 20.8 Å². The molecule has 0 saturated heterocycles. The minimum Gasteiger partial charge on any atom is -0.497 e. The van der Waals surface area contributed by atoms with E-state index in [0.29, 0.717) is 46.0 Å². The Labute approximate surface area is 224 Å². The Kier molecular flexibility index (Phi) is 10.5. The van der Waals surface area contributed by atoms with Gasteiger partial charge in [0.2, 0.25) is 5.91 Å². The van der Waals surface area contributed by atoms with E-state index >= 15 is 0 Å². The van der Waals surface area contributed by atoms with Crippen LogP contribution in [-0.2, 0) is 11.3 Å². The molecule has 0 aliphatic rings. The fraction of sp³-hybridized carbons (Fsp3) is 0.360. The van der Waals surface area contributed by atoms with Crippen LogP contribution in [0.4, 0.5) is 5.69 Å². The summed E-state index contributed by atoms with van der Waals surface area (Å²) in [6.07, 6.45) is 2.72. The number of nitrogens with zero attached hydrogens (tertiary/aromatic N) is 3. The fourth-order valence-electron chi connectivity index (χ4n) is 3.49. The summed E-state index contributed by atoms with van der Waals surface area (Å²) in [7, 11) is 1.59. The molecule has 11 heteroatoms. The van der Waals surface area contributed by atoms with Crippen molar-refractivity contribution in [2.45, 2.75) is 38.0 Å². The molecule has 0 aliphatic heterocycles. The summed E-state index contributed by atoms with van der Waals surface area (Å²) in [6.45, 7) is 4.51. The Morgan fingerprint density at radius 2 is 1.92 bits per heavy atom. The van der Waals surface area contributed by atoms with Gasteiger partial charge in [-0.1, -0.05) is 29.4 Å². The minimum absolute atomic E-state index is 0.163. The molecule has 0 bridgehead atoms. The van der Waals surface area contributed by atoms with E-state index in [1.165, 1.54) is 11.8 Å². The van der Waals surface area contributed by atoms with Gasteiger partial charge >= 0.3 is 0 Å². The number of anilines is 1. The number of nitrogens with one attached hydrogen (secondary N) is 2. The number of hydrogen-bond acceptors (Lipinski definition) is 7. The summed E-state index contributed by atoms with van der Waals surface area (Å²) in [6, 6.07) is 12.0. The van der Waals surface area contributed by atoms with Gasteiger partial charge in [-0.05, 0) is 74.2 Å². The van der Waals surface area contributed by atoms with Crippen molar-refractivity contribution in [3.05, 3.63) is 64.4 Å². The molecule has 3 rings (SSSR count). The van der Waals surface area contributed by atoms with Crippen molar-refractivity contribution >= 4 is 52.6 Å². The number of aryl methyl sites for hydroxylation is 1. The number of carbonyl (C=O) groups excluding carboxylic acids is 2. The van der Waals surface area contributed by atoms with Crippen LogP contribution < -0.4 is 15.4 Å². The first-order valence-electron chi connectivity index (χ1n) is 11.4. The molecule has 36 heavy (non-hydrogen) atoms. The lowest BCUT2D eigenvalue weighted by atomic mass is 10.1. The molecule has 0 saturated carbocycles. The lowest BCUT2D eigenvalue weighted by molar-refractivity contribution is -0.113. The third-order valence-electron chi connectivity index (χ3n) is 5.45. The van der Waals surface area contributed by atoms with Gasteiger partial charge in [0.05, 0.1) is 18.9 Å². The van der Waals surface area contributed by atoms with Crippen LogP contribution in [0.25, 0.3) is 0 Å². The predicted molar refractivity (Wildman–Crippen MR) is 147 cm³/mol. The average Bonchev–Trinajstić information content (AvgIpc) is 3.30. The first kappa shape index (κ1) is 27.9. The fourth-order valence-corrected chi connectivity index (χ4v) is 4.95. The van der Waals surface area contributed by atoms with Gasteiger partial charge in [-0.3, -0.25) is 9.59 Å². The van der Waals surface area contributed by atoms with Gasteiger partial charge in [-0.15, -0.1) is 10.2 Å². The molecule has 2 amide bonds. The van der Waals surface area contributed by atoms with Crippen molar-refractivity contribution in [2.24, 2.45) is 0 Å². The second kappa shape index (κ2) is 13.6. The van der Waals surface area contributed by atoms with Gasteiger partial charge in [0.15, 0.2) is 11.0 Å². The number of ether oxygens (including phenoxy) is 1. The van der Waals surface area contributed by atoms with Crippen molar-refractivity contribution in [1.82, 2.24) is 20.1 Å². The van der Waals surface area contributed by atoms with Crippen molar-refractivity contribution in [2.75, 3.05) is 30.2 Å². The number of hydrogen-bond donors (Lipinski definition) is 2. The maximum Gasteiger partial charge on any atom is 0.251 e. The summed E-state index contributed by atoms with van der Waals surface area (Å²) < 4.78 is 7.12. The maximum atomic E-state index is 13.0. The lowest BCUT2D eigenvalue weighted by Gasteiger charge is -2.19. The van der Waals surface area contributed by atoms with Gasteiger partial charge in [0.1, 0.15) is 5.75 Å². The number of carbonyl (C=O) groups is 2. The third kappa shape index (κ3) is 7.41. The molecule has 192 valence electrons. The number of amides is 2. The van der Waals surface area contributed by atoms with Crippen LogP contribution in [0.5, 0.6) is 5.75 Å². The average molecular weight is 548 g/mol. The molecule has 3 aromatic rings. The van der Waals surface area contributed by atoms with E-state index in [1.54, 1.807) is 55.3 Å². The number of aromatic nitrogens is 3. The highest BCUT2D eigenvalue weighted by molar-refractivity contribution is 7.99. The highest BCUT2D eigenvalue weighted by Gasteiger charge is 2.23. The van der Waals surface area contributed by atoms with E-state index in [9.17, 15) is 9.59 Å². The number of methoxy groups -OCH3 is 1. The zero-order chi connectivity index (χ0) is 26.1. The monoisotopic (exact) mass is 547 g/mol. The molecule has 0 radical (unpaired) electrons. The van der Waals surface area contributed by atoms with Crippen LogP contribution in [0.1, 0.15) is 41.1 Å². The minimum atomic E-state index is -0.322. The summed E-state index contributed by atoms with van der Waals surface area (Å²) in [4.78, 5) is 25.5. The standard InChI is InChI=1S/C25H30ClN5O3S2/c1-5-31-23(20(12-13-35-4)28-24(33)17-7-10-19(34-3)11-8-17)29-30-25(31)36-15-22(32)27-21-14-18(26)9-6-16(21)2/h6-11,14,20H,5,12-13,15H2,1-4H3,(H,27,32)(H,28,33)/t20-/m1/s1. The van der Waals surface area contributed by atoms with Crippen LogP contribution in [0.15, 0.2) is 47.6 Å². The molecular formula is C25H30ClN5O3S2. The molecule has 0 fully saturated rings. The Bertz CT molecular complexity index is 1190. The lowest BCUT2D eigenvalue weighted by Crippen LogP contribution is -2.31. The Morgan fingerprint density at radius 3 is 2.58 bits per heavy atom. The van der Waals surface area contributed by atoms with Gasteiger partial charge < -0.3 is 19.9 Å². The molecule has 0 aliphatic carbocycles. The third-order valence-corrected chi connectivity index (χ3v) is 7.29. The van der Waals surface area contributed by atoms with Gasteiger partial charge in [0, 0.05) is 22.8 Å². The highest BCUT2D eigenvalue weighted by atomic mass is 35.5. The van der Waals surface area contributed by atoms with Crippen LogP contribution in [0, 0.1) is 6.92 Å². The summed E-state index contributed by atoms with van der Waals surface area (Å²) in [5, 5.41) is 15.9. The van der Waals surface area contributed by atoms with E-state index in [4.69, 9.17) is 16.3 Å². The number of benzene rings is 2. The summed E-state index contributed by atoms with van der Waals surface area (Å²) in [5.41, 5.74) is 2.15. The van der Waals surface area contributed by atoms with Gasteiger partial charge in [-0.2, -0.15) is 11.8 Å². The predicted octanol–water partition coefficient (Wildman–Crippen LogP) is 5.22. The number of rotatable bonds is 12. The second-order valence-electron chi connectivity index (χ2n) is 7.92. The van der Waals surface area contributed by atoms with Crippen LogP contribution in [0.3, 0.4) is 0 Å². The SMILES string of the molecule is CCn1c(SCC(=O)Nc2cc(Cl)ccc2C)nnc1[C@@H](CCSC)NC(=O)c1ccc(OC)cc1. The second-order valence-corrected chi connectivity index (χ2v) is 10.3. The van der Waals surface area contributed by atoms with Gasteiger partial charge in [0.25, 0.3) is 5.91 Å². The van der Waals surface area contributed by atoms with Crippen molar-refractivity contribution in [3.8, 4) is 5.75 Å². The normalized spacial score (nSPS) is 11.7. The maximum absolute atomic E-state index is 13.0. The molecule has 1 aromatic heterocycles. The first-order chi connectivity index (χ1) is 17.4. The zero-order valence-corrected chi connectivity index (χ0v) is 23.1. The van der Waals surface area contributed by atoms with Crippen LogP contribution in [0.2, 0.25) is 5.02 Å². The van der Waals surface area contributed by atoms with Gasteiger partial charge in [-0.25, -0.2) is 0 Å². The Morgan fingerprint density at radius 1 is 1.17 bits per heavy atom. The first-order valence-corrected chi connectivity index (χ1v) is 14.2. The van der Waals surface area contributed by atoms with Crippen LogP contribution >= 0.6 is 35.1 Å². The van der Waals surface area contributed by atoms with Crippen molar-refractivity contribution in [3.63, 3.8) is 0 Å². The van der Waals surface area contributed by atoms with E-state index in [-0.39, 0.29) is 23.6 Å². The largest absolute Gasteiger partial charge is 0.497 e. The molecule has 0 spiro atoms. The number of halogens is 1. The Balaban J connectivity index is 1.71. The molecule has 2 aromatic carbocycles. The summed E-state index contributed by atoms with van der Waals surface area (Å²) in [5.74, 6) is 2.00. The summed E-state index contributed by atoms with van der Waals surface area (Å²) >= 11 is 9.05. The molecule has 2 N–H and O–H groups in total. The molecule has 1 atom stereocenters. The van der Waals surface area contributed by atoms with Crippen molar-refractivity contribution in [1.29, 1.82) is 0 Å². The molecule has 1 heterocycles. The quantitative estimate of drug-likeness (QED) is 0.300. The van der Waals surface area contributed by atoms with E-state index in [0.717, 1.165) is 11.3 Å². The highest BCUT2D eigenvalue weighted by Crippen LogP contribution is 2.25.